The molecule has 2 heterocycles. The first-order chi connectivity index (χ1) is 11.6. The number of fused-ring (bicyclic) bond motifs is 1. The number of nitrogens with one attached hydrogen (secondary N) is 1. The topological polar surface area (TPSA) is 55.1 Å². The van der Waals surface area contributed by atoms with Crippen LogP contribution in [0.2, 0.25) is 0 Å². The zero-order valence-corrected chi connectivity index (χ0v) is 15.6. The number of imidazole rings is 1. The van der Waals surface area contributed by atoms with Crippen molar-refractivity contribution >= 4 is 5.78 Å². The van der Waals surface area contributed by atoms with Crippen LogP contribution in [-0.2, 0) is 5.41 Å². The molecule has 2 aromatic rings. The molecule has 1 N–H and O–H groups in total. The number of hydrogen-bond acceptors (Lipinski definition) is 4. The van der Waals surface area contributed by atoms with Gasteiger partial charge < -0.3 is 5.32 Å². The maximum Gasteiger partial charge on any atom is 0.251 e. The van der Waals surface area contributed by atoms with Crippen LogP contribution in [0.3, 0.4) is 0 Å². The minimum absolute atomic E-state index is 0.0486. The van der Waals surface area contributed by atoms with E-state index in [1.165, 1.54) is 0 Å². The van der Waals surface area contributed by atoms with Crippen LogP contribution in [0.15, 0.2) is 6.20 Å². The number of aryl methyl sites for hydroxylation is 1. The molecule has 0 bridgehead atoms. The van der Waals surface area contributed by atoms with Gasteiger partial charge in [0.25, 0.3) is 5.78 Å². The van der Waals surface area contributed by atoms with Gasteiger partial charge in [-0.3, -0.25) is 0 Å². The molecule has 1 atom stereocenters. The molecule has 0 spiro atoms. The molecule has 0 saturated heterocycles. The lowest BCUT2D eigenvalue weighted by Crippen LogP contribution is -2.32. The van der Waals surface area contributed by atoms with E-state index in [2.05, 4.69) is 36.2 Å². The van der Waals surface area contributed by atoms with Gasteiger partial charge in [0.15, 0.2) is 0 Å². The summed E-state index contributed by atoms with van der Waals surface area (Å²) in [6, 6.07) is -0.0574. The summed E-state index contributed by atoms with van der Waals surface area (Å²) in [7, 11) is 1.86. The summed E-state index contributed by atoms with van der Waals surface area (Å²) in [5.41, 5.74) is 2.52. The molecule has 7 heteroatoms. The van der Waals surface area contributed by atoms with E-state index in [0.717, 1.165) is 17.1 Å². The molecule has 1 aliphatic carbocycles. The summed E-state index contributed by atoms with van der Waals surface area (Å²) in [6.07, 6.45) is 2.77. The number of hydrogen-bond donors (Lipinski definition) is 1. The van der Waals surface area contributed by atoms with Gasteiger partial charge in [-0.2, -0.15) is 5.10 Å². The molecular formula is C18H27F2N5. The van der Waals surface area contributed by atoms with E-state index in [9.17, 15) is 8.78 Å². The predicted octanol–water partition coefficient (Wildman–Crippen LogP) is 3.82. The first-order valence-corrected chi connectivity index (χ1v) is 8.90. The third-order valence-electron chi connectivity index (χ3n) is 5.07. The molecule has 25 heavy (non-hydrogen) atoms. The summed E-state index contributed by atoms with van der Waals surface area (Å²) in [4.78, 5) is 9.34. The minimum Gasteiger partial charge on any atom is -0.311 e. The highest BCUT2D eigenvalue weighted by molar-refractivity contribution is 5.34. The standard InChI is InChI=1S/C18H27F2N5/c1-11-15(17(2,3)4)23-16-22-13(10-25(16)24-11)14(21-5)12-6-8-18(19,20)9-7-12/h10,12,14,21H,6-9H2,1-5H3. The average Bonchev–Trinajstić information content (AvgIpc) is 2.90. The Morgan fingerprint density at radius 3 is 2.44 bits per heavy atom. The average molecular weight is 351 g/mol. The largest absolute Gasteiger partial charge is 0.311 e. The van der Waals surface area contributed by atoms with Gasteiger partial charge in [0, 0.05) is 18.3 Å². The first kappa shape index (κ1) is 18.2. The van der Waals surface area contributed by atoms with Crippen molar-refractivity contribution in [3.63, 3.8) is 0 Å². The Bertz CT molecular complexity index is 753. The molecule has 1 unspecified atom stereocenters. The lowest BCUT2D eigenvalue weighted by molar-refractivity contribution is -0.0496. The van der Waals surface area contributed by atoms with Crippen molar-refractivity contribution in [2.45, 2.75) is 70.8 Å². The lowest BCUT2D eigenvalue weighted by Gasteiger charge is -2.32. The Hall–Kier alpha value is -1.63. The van der Waals surface area contributed by atoms with Crippen LogP contribution in [0.4, 0.5) is 8.78 Å². The molecule has 1 aliphatic rings. The predicted molar refractivity (Wildman–Crippen MR) is 92.9 cm³/mol. The van der Waals surface area contributed by atoms with Crippen molar-refractivity contribution in [3.05, 3.63) is 23.3 Å². The fourth-order valence-electron chi connectivity index (χ4n) is 3.80. The summed E-state index contributed by atoms with van der Waals surface area (Å²) in [5.74, 6) is -1.81. The number of aromatic nitrogens is 4. The zero-order valence-electron chi connectivity index (χ0n) is 15.6. The number of halogens is 2. The highest BCUT2D eigenvalue weighted by Gasteiger charge is 2.38. The number of alkyl halides is 2. The van der Waals surface area contributed by atoms with Gasteiger partial charge in [-0.1, -0.05) is 20.8 Å². The number of nitrogens with zero attached hydrogens (tertiary/aromatic N) is 4. The second kappa shape index (κ2) is 6.27. The second-order valence-electron chi connectivity index (χ2n) is 8.17. The molecule has 2 aromatic heterocycles. The molecule has 0 amide bonds. The van der Waals surface area contributed by atoms with Crippen molar-refractivity contribution in [1.29, 1.82) is 0 Å². The molecule has 0 aliphatic heterocycles. The Labute approximate surface area is 147 Å². The van der Waals surface area contributed by atoms with E-state index in [-0.39, 0.29) is 30.2 Å². The fourth-order valence-corrected chi connectivity index (χ4v) is 3.80. The van der Waals surface area contributed by atoms with Gasteiger partial charge in [-0.05, 0) is 32.7 Å². The van der Waals surface area contributed by atoms with Crippen LogP contribution < -0.4 is 5.32 Å². The Morgan fingerprint density at radius 2 is 1.88 bits per heavy atom. The van der Waals surface area contributed by atoms with E-state index in [4.69, 9.17) is 4.98 Å². The van der Waals surface area contributed by atoms with E-state index in [1.54, 1.807) is 4.52 Å². The molecule has 0 radical (unpaired) electrons. The summed E-state index contributed by atoms with van der Waals surface area (Å²) >= 11 is 0. The van der Waals surface area contributed by atoms with Crippen molar-refractivity contribution in [1.82, 2.24) is 24.9 Å². The summed E-state index contributed by atoms with van der Waals surface area (Å²) < 4.78 is 28.6. The smallest absolute Gasteiger partial charge is 0.251 e. The SMILES string of the molecule is CNC(c1cn2nc(C)c(C(C)(C)C)nc2n1)C1CCC(F)(F)CC1. The van der Waals surface area contributed by atoms with Crippen LogP contribution in [-0.4, -0.2) is 32.6 Å². The van der Waals surface area contributed by atoms with Gasteiger partial charge in [0.1, 0.15) is 0 Å². The molecule has 3 rings (SSSR count). The molecule has 1 fully saturated rings. The normalized spacial score (nSPS) is 20.1. The lowest BCUT2D eigenvalue weighted by atomic mass is 9.81. The first-order valence-electron chi connectivity index (χ1n) is 8.90. The summed E-state index contributed by atoms with van der Waals surface area (Å²) in [6.45, 7) is 8.25. The fraction of sp³-hybridized carbons (Fsp3) is 0.722. The van der Waals surface area contributed by atoms with Crippen molar-refractivity contribution in [2.75, 3.05) is 7.05 Å². The molecule has 5 nitrogen and oxygen atoms in total. The summed E-state index contributed by atoms with van der Waals surface area (Å²) in [5, 5.41) is 7.85. The zero-order chi connectivity index (χ0) is 18.4. The molecule has 0 aromatic carbocycles. The maximum atomic E-state index is 13.5. The van der Waals surface area contributed by atoms with Gasteiger partial charge in [0.2, 0.25) is 5.92 Å². The Balaban J connectivity index is 1.92. The van der Waals surface area contributed by atoms with Gasteiger partial charge >= 0.3 is 0 Å². The Kier molecular flexibility index (Phi) is 4.56. The second-order valence-corrected chi connectivity index (χ2v) is 8.17. The van der Waals surface area contributed by atoms with E-state index in [0.29, 0.717) is 18.6 Å². The third-order valence-corrected chi connectivity index (χ3v) is 5.07. The maximum absolute atomic E-state index is 13.5. The minimum atomic E-state index is -2.52. The molecular weight excluding hydrogens is 324 g/mol. The molecule has 138 valence electrons. The van der Waals surface area contributed by atoms with Crippen LogP contribution >= 0.6 is 0 Å². The van der Waals surface area contributed by atoms with Crippen LogP contribution in [0, 0.1) is 12.8 Å². The van der Waals surface area contributed by atoms with E-state index in [1.807, 2.05) is 20.2 Å². The van der Waals surface area contributed by atoms with Gasteiger partial charge in [-0.25, -0.2) is 23.3 Å². The van der Waals surface area contributed by atoms with E-state index >= 15 is 0 Å². The quantitative estimate of drug-likeness (QED) is 0.913. The van der Waals surface area contributed by atoms with Crippen molar-refractivity contribution < 1.29 is 8.78 Å². The van der Waals surface area contributed by atoms with Crippen molar-refractivity contribution in [2.24, 2.45) is 5.92 Å². The number of rotatable bonds is 3. The van der Waals surface area contributed by atoms with Crippen LogP contribution in [0.25, 0.3) is 5.78 Å². The van der Waals surface area contributed by atoms with E-state index < -0.39 is 5.92 Å². The molecule has 1 saturated carbocycles. The third kappa shape index (κ3) is 3.66. The van der Waals surface area contributed by atoms with Crippen LogP contribution in [0.1, 0.15) is 69.6 Å². The highest BCUT2D eigenvalue weighted by atomic mass is 19.3. The monoisotopic (exact) mass is 351 g/mol. The van der Waals surface area contributed by atoms with Gasteiger partial charge in [-0.15, -0.1) is 0 Å². The van der Waals surface area contributed by atoms with Crippen molar-refractivity contribution in [3.8, 4) is 0 Å². The van der Waals surface area contributed by atoms with Crippen LogP contribution in [0.5, 0.6) is 0 Å². The Morgan fingerprint density at radius 1 is 1.24 bits per heavy atom. The highest BCUT2D eigenvalue weighted by Crippen LogP contribution is 2.41. The van der Waals surface area contributed by atoms with Gasteiger partial charge in [0.05, 0.1) is 29.3 Å².